The van der Waals surface area contributed by atoms with Crippen molar-refractivity contribution in [3.63, 3.8) is 0 Å². The number of nitrogens with one attached hydrogen (secondary N) is 1. The zero-order chi connectivity index (χ0) is 18.5. The summed E-state index contributed by atoms with van der Waals surface area (Å²) in [6.45, 7) is 1.94. The van der Waals surface area contributed by atoms with Crippen LogP contribution in [-0.2, 0) is 4.79 Å². The smallest absolute Gasteiger partial charge is 0.264 e. The van der Waals surface area contributed by atoms with Gasteiger partial charge >= 0.3 is 0 Å². The molecule has 0 saturated carbocycles. The van der Waals surface area contributed by atoms with Gasteiger partial charge in [0, 0.05) is 0 Å². The van der Waals surface area contributed by atoms with Crippen molar-refractivity contribution in [2.24, 2.45) is 10.7 Å². The molecule has 0 unspecified atom stereocenters. The van der Waals surface area contributed by atoms with Gasteiger partial charge in [-0.15, -0.1) is 0 Å². The van der Waals surface area contributed by atoms with E-state index in [0.717, 1.165) is 11.1 Å². The standard InChI is InChI=1S/C20H17N3O2S/c1-13(11-14-7-3-2-4-8-14)12-17-19(25)23-20(26-17)22-16-10-6-5-9-15(16)18(21)24/h2-12H,1H3,(H2,21,24)(H,22,23,25)/b13-11+,17-12-. The molecule has 1 aliphatic rings. The number of amidine groups is 1. The normalized spacial score (nSPS) is 17.6. The molecule has 0 spiro atoms. The second-order valence-electron chi connectivity index (χ2n) is 5.66. The van der Waals surface area contributed by atoms with Crippen LogP contribution in [0.3, 0.4) is 0 Å². The molecule has 2 aromatic carbocycles. The van der Waals surface area contributed by atoms with Crippen LogP contribution >= 0.6 is 11.8 Å². The lowest BCUT2D eigenvalue weighted by molar-refractivity contribution is -0.115. The third kappa shape index (κ3) is 4.29. The molecule has 6 heteroatoms. The van der Waals surface area contributed by atoms with Gasteiger partial charge in [-0.1, -0.05) is 48.5 Å². The number of nitrogens with zero attached hydrogens (tertiary/aromatic N) is 1. The molecule has 2 aromatic rings. The fourth-order valence-electron chi connectivity index (χ4n) is 2.43. The average molecular weight is 363 g/mol. The predicted molar refractivity (Wildman–Crippen MR) is 106 cm³/mol. The molecular weight excluding hydrogens is 346 g/mol. The van der Waals surface area contributed by atoms with Crippen molar-refractivity contribution < 1.29 is 9.59 Å². The van der Waals surface area contributed by atoms with Crippen molar-refractivity contribution in [2.45, 2.75) is 6.92 Å². The van der Waals surface area contributed by atoms with Gasteiger partial charge in [-0.3, -0.25) is 9.59 Å². The lowest BCUT2D eigenvalue weighted by atomic mass is 10.1. The highest BCUT2D eigenvalue weighted by Gasteiger charge is 2.24. The highest BCUT2D eigenvalue weighted by molar-refractivity contribution is 8.18. The van der Waals surface area contributed by atoms with Crippen LogP contribution < -0.4 is 11.1 Å². The van der Waals surface area contributed by atoms with Gasteiger partial charge < -0.3 is 11.1 Å². The number of hydrogen-bond donors (Lipinski definition) is 2. The van der Waals surface area contributed by atoms with Crippen molar-refractivity contribution in [1.82, 2.24) is 5.32 Å². The average Bonchev–Trinajstić information content (AvgIpc) is 2.95. The highest BCUT2D eigenvalue weighted by atomic mass is 32.2. The molecule has 1 aliphatic heterocycles. The Bertz CT molecular complexity index is 947. The Kier molecular flexibility index (Phi) is 5.34. The lowest BCUT2D eigenvalue weighted by Crippen LogP contribution is -2.19. The van der Waals surface area contributed by atoms with Crippen molar-refractivity contribution >= 4 is 40.5 Å². The van der Waals surface area contributed by atoms with Gasteiger partial charge in [0.05, 0.1) is 16.2 Å². The first kappa shape index (κ1) is 17.7. The summed E-state index contributed by atoms with van der Waals surface area (Å²) < 4.78 is 0. The molecule has 3 rings (SSSR count). The van der Waals surface area contributed by atoms with Gasteiger partial charge in [0.1, 0.15) is 0 Å². The lowest BCUT2D eigenvalue weighted by Gasteiger charge is -2.01. The molecule has 0 aliphatic carbocycles. The Balaban J connectivity index is 1.83. The number of allylic oxidation sites excluding steroid dienone is 2. The maximum atomic E-state index is 12.2. The summed E-state index contributed by atoms with van der Waals surface area (Å²) in [6, 6.07) is 16.6. The number of aliphatic imine (C=N–C) groups is 1. The number of carbonyl (C=O) groups excluding carboxylic acids is 2. The molecule has 1 heterocycles. The van der Waals surface area contributed by atoms with Gasteiger partial charge in [-0.25, -0.2) is 4.99 Å². The monoisotopic (exact) mass is 363 g/mol. The Morgan fingerprint density at radius 3 is 2.54 bits per heavy atom. The molecule has 26 heavy (non-hydrogen) atoms. The van der Waals surface area contributed by atoms with Crippen molar-refractivity contribution in [2.75, 3.05) is 0 Å². The first-order valence-electron chi connectivity index (χ1n) is 7.95. The van der Waals surface area contributed by atoms with E-state index in [1.807, 2.05) is 49.4 Å². The van der Waals surface area contributed by atoms with Crippen LogP contribution in [0.25, 0.3) is 6.08 Å². The summed E-state index contributed by atoms with van der Waals surface area (Å²) in [5.74, 6) is -0.775. The molecular formula is C20H17N3O2S. The second-order valence-corrected chi connectivity index (χ2v) is 6.69. The van der Waals surface area contributed by atoms with E-state index in [1.54, 1.807) is 24.3 Å². The Morgan fingerprint density at radius 1 is 1.12 bits per heavy atom. The fraction of sp³-hybridized carbons (Fsp3) is 0.0500. The number of carbonyl (C=O) groups is 2. The minimum absolute atomic E-state index is 0.217. The van der Waals surface area contributed by atoms with Gasteiger partial charge in [0.15, 0.2) is 5.17 Å². The van der Waals surface area contributed by atoms with Crippen LogP contribution in [0.15, 0.2) is 76.1 Å². The van der Waals surface area contributed by atoms with Gasteiger partial charge in [-0.2, -0.15) is 0 Å². The van der Waals surface area contributed by atoms with E-state index in [-0.39, 0.29) is 5.91 Å². The Hall–Kier alpha value is -3.12. The number of benzene rings is 2. The van der Waals surface area contributed by atoms with Gasteiger partial charge in [0.2, 0.25) is 0 Å². The number of thioether (sulfide) groups is 1. The molecule has 130 valence electrons. The molecule has 2 amide bonds. The highest BCUT2D eigenvalue weighted by Crippen LogP contribution is 2.28. The van der Waals surface area contributed by atoms with Crippen LogP contribution in [0, 0.1) is 0 Å². The van der Waals surface area contributed by atoms with E-state index in [2.05, 4.69) is 10.3 Å². The Labute approximate surface area is 155 Å². The number of hydrogen-bond acceptors (Lipinski definition) is 4. The van der Waals surface area contributed by atoms with Crippen LogP contribution in [0.1, 0.15) is 22.8 Å². The zero-order valence-corrected chi connectivity index (χ0v) is 14.9. The van der Waals surface area contributed by atoms with Crippen LogP contribution in [-0.4, -0.2) is 17.0 Å². The largest absolute Gasteiger partial charge is 0.366 e. The molecule has 5 nitrogen and oxygen atoms in total. The summed E-state index contributed by atoms with van der Waals surface area (Å²) in [4.78, 5) is 28.6. The molecule has 3 N–H and O–H groups in total. The fourth-order valence-corrected chi connectivity index (χ4v) is 3.31. The quantitative estimate of drug-likeness (QED) is 0.814. The van der Waals surface area contributed by atoms with E-state index >= 15 is 0 Å². The van der Waals surface area contributed by atoms with Gasteiger partial charge in [-0.05, 0) is 48.0 Å². The first-order chi connectivity index (χ1) is 12.5. The maximum Gasteiger partial charge on any atom is 0.264 e. The number of para-hydroxylation sites is 1. The maximum absolute atomic E-state index is 12.2. The van der Waals surface area contributed by atoms with Crippen LogP contribution in [0.4, 0.5) is 5.69 Å². The summed E-state index contributed by atoms with van der Waals surface area (Å²) >= 11 is 1.23. The van der Waals surface area contributed by atoms with E-state index < -0.39 is 5.91 Å². The molecule has 0 atom stereocenters. The molecule has 0 bridgehead atoms. The van der Waals surface area contributed by atoms with Crippen LogP contribution in [0.2, 0.25) is 0 Å². The number of primary amides is 1. The second kappa shape index (κ2) is 7.84. The minimum atomic E-state index is -0.559. The summed E-state index contributed by atoms with van der Waals surface area (Å²) in [5.41, 5.74) is 8.12. The SMILES string of the molecule is CC(/C=C1\SC(=Nc2ccccc2C(N)=O)NC1=O)=C\c1ccccc1. The number of rotatable bonds is 4. The summed E-state index contributed by atoms with van der Waals surface area (Å²) in [6.07, 6.45) is 3.81. The number of nitrogens with two attached hydrogens (primary N) is 1. The van der Waals surface area contributed by atoms with Gasteiger partial charge in [0.25, 0.3) is 11.8 Å². The third-order valence-electron chi connectivity index (χ3n) is 3.60. The van der Waals surface area contributed by atoms with E-state index in [9.17, 15) is 9.59 Å². The number of amides is 2. The van der Waals surface area contributed by atoms with Crippen molar-refractivity contribution in [3.05, 3.63) is 82.3 Å². The topological polar surface area (TPSA) is 84.5 Å². The molecule has 1 saturated heterocycles. The van der Waals surface area contributed by atoms with E-state index in [4.69, 9.17) is 5.73 Å². The third-order valence-corrected chi connectivity index (χ3v) is 4.50. The summed E-state index contributed by atoms with van der Waals surface area (Å²) in [7, 11) is 0. The Morgan fingerprint density at radius 2 is 1.81 bits per heavy atom. The predicted octanol–water partition coefficient (Wildman–Crippen LogP) is 3.62. The zero-order valence-electron chi connectivity index (χ0n) is 14.1. The minimum Gasteiger partial charge on any atom is -0.366 e. The van der Waals surface area contributed by atoms with E-state index in [0.29, 0.717) is 21.3 Å². The van der Waals surface area contributed by atoms with E-state index in [1.165, 1.54) is 11.8 Å². The molecule has 0 aromatic heterocycles. The van der Waals surface area contributed by atoms with Crippen molar-refractivity contribution in [3.8, 4) is 0 Å². The first-order valence-corrected chi connectivity index (χ1v) is 8.76. The van der Waals surface area contributed by atoms with Crippen molar-refractivity contribution in [1.29, 1.82) is 0 Å². The molecule has 0 radical (unpaired) electrons. The van der Waals surface area contributed by atoms with Crippen LogP contribution in [0.5, 0.6) is 0 Å². The summed E-state index contributed by atoms with van der Waals surface area (Å²) in [5, 5.41) is 3.13. The molecule has 1 fully saturated rings.